The number of likely N-dealkylation sites (N-methyl/N-ethyl adjacent to an activating group) is 1. The first-order chi connectivity index (χ1) is 12.6. The Balaban J connectivity index is 1.57. The van der Waals surface area contributed by atoms with E-state index in [0.29, 0.717) is 19.0 Å². The van der Waals surface area contributed by atoms with Crippen molar-refractivity contribution in [2.45, 2.75) is 25.4 Å². The van der Waals surface area contributed by atoms with Crippen LogP contribution in [0.4, 0.5) is 0 Å². The Bertz CT molecular complexity index is 598. The summed E-state index contributed by atoms with van der Waals surface area (Å²) in [6.07, 6.45) is 7.59. The topological polar surface area (TPSA) is 70.9 Å². The number of likely N-dealkylation sites (tertiary alicyclic amines) is 1. The molecular weight excluding hydrogens is 334 g/mol. The lowest BCUT2D eigenvalue weighted by Gasteiger charge is -2.42. The normalized spacial score (nSPS) is 22.6. The van der Waals surface area contributed by atoms with Gasteiger partial charge in [0.05, 0.1) is 6.33 Å². The van der Waals surface area contributed by atoms with Crippen molar-refractivity contribution in [3.63, 3.8) is 0 Å². The molecule has 0 spiro atoms. The van der Waals surface area contributed by atoms with Crippen LogP contribution in [-0.2, 0) is 20.9 Å². The van der Waals surface area contributed by atoms with Gasteiger partial charge in [-0.05, 0) is 25.8 Å². The van der Waals surface area contributed by atoms with Crippen molar-refractivity contribution < 1.29 is 14.3 Å². The minimum atomic E-state index is -0.401. The van der Waals surface area contributed by atoms with Crippen LogP contribution in [0.1, 0.15) is 12.8 Å². The minimum Gasteiger partial charge on any atom is -0.375 e. The number of piperazine rings is 1. The van der Waals surface area contributed by atoms with E-state index in [1.807, 2.05) is 24.5 Å². The summed E-state index contributed by atoms with van der Waals surface area (Å²) in [6.45, 7) is 4.43. The molecule has 3 heterocycles. The molecule has 1 aromatic heterocycles. The third-order valence-electron chi connectivity index (χ3n) is 5.41. The summed E-state index contributed by atoms with van der Waals surface area (Å²) in [7, 11) is 3.51. The molecule has 2 saturated heterocycles. The number of amides is 2. The van der Waals surface area contributed by atoms with Crippen molar-refractivity contribution in [2.24, 2.45) is 5.92 Å². The van der Waals surface area contributed by atoms with Crippen LogP contribution in [0.25, 0.3) is 0 Å². The van der Waals surface area contributed by atoms with Crippen molar-refractivity contribution in [1.29, 1.82) is 0 Å². The molecule has 2 aliphatic rings. The fraction of sp³-hybridized carbons (Fsp3) is 0.722. The summed E-state index contributed by atoms with van der Waals surface area (Å²) in [5.74, 6) is 0.532. The first-order valence-electron chi connectivity index (χ1n) is 9.30. The molecule has 0 unspecified atom stereocenters. The number of imidazole rings is 1. The van der Waals surface area contributed by atoms with Gasteiger partial charge in [-0.2, -0.15) is 0 Å². The van der Waals surface area contributed by atoms with Gasteiger partial charge in [-0.1, -0.05) is 0 Å². The Morgan fingerprint density at radius 3 is 2.62 bits per heavy atom. The molecule has 0 aliphatic carbocycles. The molecule has 2 amide bonds. The Morgan fingerprint density at radius 1 is 1.19 bits per heavy atom. The molecule has 8 nitrogen and oxygen atoms in total. The summed E-state index contributed by atoms with van der Waals surface area (Å²) in [4.78, 5) is 35.3. The average Bonchev–Trinajstić information content (AvgIpc) is 3.15. The van der Waals surface area contributed by atoms with Crippen LogP contribution < -0.4 is 0 Å². The first-order valence-corrected chi connectivity index (χ1v) is 9.30. The van der Waals surface area contributed by atoms with Crippen LogP contribution in [0, 0.1) is 5.92 Å². The molecule has 1 atom stereocenters. The molecule has 3 rings (SSSR count). The highest BCUT2D eigenvalue weighted by molar-refractivity contribution is 5.88. The molecule has 0 radical (unpaired) electrons. The summed E-state index contributed by atoms with van der Waals surface area (Å²) in [5.41, 5.74) is 0. The SMILES string of the molecule is COCC(=O)N1CCN(C)C[C@H]1C(=O)N1CCC(Cn2ccnc2)CC1. The third-order valence-corrected chi connectivity index (χ3v) is 5.41. The summed E-state index contributed by atoms with van der Waals surface area (Å²) in [6, 6.07) is -0.401. The lowest BCUT2D eigenvalue weighted by atomic mass is 9.96. The number of hydrogen-bond donors (Lipinski definition) is 0. The quantitative estimate of drug-likeness (QED) is 0.731. The van der Waals surface area contributed by atoms with E-state index in [0.717, 1.165) is 39.0 Å². The molecule has 0 N–H and O–H groups in total. The van der Waals surface area contributed by atoms with E-state index in [2.05, 4.69) is 14.5 Å². The molecule has 0 aromatic carbocycles. The predicted octanol–water partition coefficient (Wildman–Crippen LogP) is -0.0893. The van der Waals surface area contributed by atoms with Crippen molar-refractivity contribution in [1.82, 2.24) is 24.3 Å². The smallest absolute Gasteiger partial charge is 0.249 e. The van der Waals surface area contributed by atoms with Gasteiger partial charge in [-0.15, -0.1) is 0 Å². The molecule has 0 saturated carbocycles. The van der Waals surface area contributed by atoms with Gasteiger partial charge >= 0.3 is 0 Å². The average molecular weight is 363 g/mol. The monoisotopic (exact) mass is 363 g/mol. The Kier molecular flexibility index (Phi) is 6.26. The molecule has 0 bridgehead atoms. The van der Waals surface area contributed by atoms with Gasteiger partial charge in [0.15, 0.2) is 0 Å². The Hall–Kier alpha value is -1.93. The van der Waals surface area contributed by atoms with Crippen LogP contribution in [0.15, 0.2) is 18.7 Å². The molecular formula is C18H29N5O3. The van der Waals surface area contributed by atoms with Gasteiger partial charge in [0, 0.05) is 58.8 Å². The number of carbonyl (C=O) groups is 2. The number of ether oxygens (including phenoxy) is 1. The van der Waals surface area contributed by atoms with Crippen molar-refractivity contribution >= 4 is 11.8 Å². The van der Waals surface area contributed by atoms with Gasteiger partial charge in [0.25, 0.3) is 0 Å². The third kappa shape index (κ3) is 4.42. The summed E-state index contributed by atoms with van der Waals surface area (Å²) in [5, 5.41) is 0. The first kappa shape index (κ1) is 18.8. The zero-order valence-electron chi connectivity index (χ0n) is 15.7. The van der Waals surface area contributed by atoms with E-state index in [1.54, 1.807) is 11.1 Å². The number of piperidine rings is 1. The number of aromatic nitrogens is 2. The largest absolute Gasteiger partial charge is 0.375 e. The van der Waals surface area contributed by atoms with E-state index in [4.69, 9.17) is 4.74 Å². The molecule has 2 aliphatic heterocycles. The molecule has 2 fully saturated rings. The number of carbonyl (C=O) groups excluding carboxylic acids is 2. The van der Waals surface area contributed by atoms with Crippen molar-refractivity contribution in [2.75, 3.05) is 53.5 Å². The second-order valence-corrected chi connectivity index (χ2v) is 7.33. The molecule has 8 heteroatoms. The maximum atomic E-state index is 13.1. The van der Waals surface area contributed by atoms with Gasteiger partial charge in [0.1, 0.15) is 12.6 Å². The van der Waals surface area contributed by atoms with E-state index in [1.165, 1.54) is 7.11 Å². The highest BCUT2D eigenvalue weighted by Gasteiger charge is 2.37. The van der Waals surface area contributed by atoms with Crippen molar-refractivity contribution in [3.8, 4) is 0 Å². The summed E-state index contributed by atoms with van der Waals surface area (Å²) >= 11 is 0. The van der Waals surface area contributed by atoms with E-state index in [9.17, 15) is 9.59 Å². The summed E-state index contributed by atoms with van der Waals surface area (Å²) < 4.78 is 7.08. The van der Waals surface area contributed by atoms with Crippen LogP contribution in [0.2, 0.25) is 0 Å². The zero-order chi connectivity index (χ0) is 18.5. The zero-order valence-corrected chi connectivity index (χ0v) is 15.7. The fourth-order valence-corrected chi connectivity index (χ4v) is 3.88. The van der Waals surface area contributed by atoms with Crippen molar-refractivity contribution in [3.05, 3.63) is 18.7 Å². The number of methoxy groups -OCH3 is 1. The maximum absolute atomic E-state index is 13.1. The second kappa shape index (κ2) is 8.64. The number of rotatable bonds is 5. The molecule has 144 valence electrons. The highest BCUT2D eigenvalue weighted by atomic mass is 16.5. The van der Waals surface area contributed by atoms with Crippen LogP contribution in [0.3, 0.4) is 0 Å². The van der Waals surface area contributed by atoms with Gasteiger partial charge in [-0.3, -0.25) is 9.59 Å². The maximum Gasteiger partial charge on any atom is 0.249 e. The lowest BCUT2D eigenvalue weighted by molar-refractivity contribution is -0.152. The standard InChI is InChI=1S/C18H29N5O3/c1-20-9-10-23(17(24)13-26-2)16(12-20)18(25)22-6-3-15(4-7-22)11-21-8-5-19-14-21/h5,8,14-16H,3-4,6-7,9-13H2,1-2H3/t16-/m0/s1. The van der Waals surface area contributed by atoms with Gasteiger partial charge in [0.2, 0.25) is 11.8 Å². The highest BCUT2D eigenvalue weighted by Crippen LogP contribution is 2.21. The van der Waals surface area contributed by atoms with Gasteiger partial charge < -0.3 is 24.0 Å². The van der Waals surface area contributed by atoms with Crippen LogP contribution in [-0.4, -0.2) is 95.6 Å². The minimum absolute atomic E-state index is 0.0282. The van der Waals surface area contributed by atoms with Crippen LogP contribution >= 0.6 is 0 Å². The fourth-order valence-electron chi connectivity index (χ4n) is 3.88. The lowest BCUT2D eigenvalue weighted by Crippen LogP contribution is -2.61. The Labute approximate surface area is 154 Å². The van der Waals surface area contributed by atoms with E-state index >= 15 is 0 Å². The second-order valence-electron chi connectivity index (χ2n) is 7.33. The molecule has 26 heavy (non-hydrogen) atoms. The van der Waals surface area contributed by atoms with E-state index < -0.39 is 6.04 Å². The predicted molar refractivity (Wildman–Crippen MR) is 96.4 cm³/mol. The number of hydrogen-bond acceptors (Lipinski definition) is 5. The number of nitrogens with zero attached hydrogens (tertiary/aromatic N) is 5. The Morgan fingerprint density at radius 2 is 1.96 bits per heavy atom. The van der Waals surface area contributed by atoms with Gasteiger partial charge in [-0.25, -0.2) is 4.98 Å². The molecule has 1 aromatic rings. The van der Waals surface area contributed by atoms with E-state index in [-0.39, 0.29) is 18.4 Å². The van der Waals surface area contributed by atoms with Crippen LogP contribution in [0.5, 0.6) is 0 Å².